The molecule has 1 aliphatic heterocycles. The second-order valence-electron chi connectivity index (χ2n) is 6.25. The third-order valence-electron chi connectivity index (χ3n) is 4.71. The van der Waals surface area contributed by atoms with Gasteiger partial charge in [-0.2, -0.15) is 0 Å². The molecule has 5 nitrogen and oxygen atoms in total. The van der Waals surface area contributed by atoms with Gasteiger partial charge >= 0.3 is 5.97 Å². The summed E-state index contributed by atoms with van der Waals surface area (Å²) < 4.78 is 10.7. The van der Waals surface area contributed by atoms with Crippen molar-refractivity contribution in [3.63, 3.8) is 0 Å². The Labute approximate surface area is 129 Å². The van der Waals surface area contributed by atoms with Gasteiger partial charge in [0.2, 0.25) is 0 Å². The zero-order chi connectivity index (χ0) is 15.9. The van der Waals surface area contributed by atoms with E-state index in [1.54, 1.807) is 7.11 Å². The van der Waals surface area contributed by atoms with Crippen LogP contribution in [0.5, 0.6) is 0 Å². The van der Waals surface area contributed by atoms with E-state index in [4.69, 9.17) is 9.47 Å². The van der Waals surface area contributed by atoms with E-state index in [1.807, 2.05) is 20.9 Å². The number of ether oxygens (including phenoxy) is 2. The summed E-state index contributed by atoms with van der Waals surface area (Å²) in [5.41, 5.74) is -0.584. The zero-order valence-electron chi connectivity index (χ0n) is 14.3. The van der Waals surface area contributed by atoms with E-state index in [0.29, 0.717) is 18.6 Å². The Morgan fingerprint density at radius 1 is 1.48 bits per heavy atom. The fraction of sp³-hybridized carbons (Fsp3) is 0.938. The van der Waals surface area contributed by atoms with E-state index in [-0.39, 0.29) is 5.97 Å². The Bertz CT molecular complexity index is 325. The number of carbonyl (C=O) groups excluding carboxylic acids is 1. The minimum Gasteiger partial charge on any atom is -0.465 e. The predicted octanol–water partition coefficient (Wildman–Crippen LogP) is 1.66. The molecule has 0 bridgehead atoms. The van der Waals surface area contributed by atoms with Crippen LogP contribution in [0.3, 0.4) is 0 Å². The van der Waals surface area contributed by atoms with Gasteiger partial charge in [-0.05, 0) is 59.2 Å². The largest absolute Gasteiger partial charge is 0.465 e. The molecule has 0 aromatic heterocycles. The van der Waals surface area contributed by atoms with Gasteiger partial charge in [0.15, 0.2) is 0 Å². The Balaban J connectivity index is 2.39. The maximum absolute atomic E-state index is 12.0. The van der Waals surface area contributed by atoms with E-state index in [2.05, 4.69) is 17.1 Å². The Morgan fingerprint density at radius 3 is 2.76 bits per heavy atom. The highest BCUT2D eigenvalue weighted by Gasteiger charge is 2.33. The summed E-state index contributed by atoms with van der Waals surface area (Å²) in [5.74, 6) is 0.475. The maximum Gasteiger partial charge on any atom is 0.326 e. The lowest BCUT2D eigenvalue weighted by molar-refractivity contribution is -0.150. The van der Waals surface area contributed by atoms with E-state index >= 15 is 0 Å². The van der Waals surface area contributed by atoms with Crippen LogP contribution in [-0.4, -0.2) is 62.9 Å². The number of hydrogen-bond acceptors (Lipinski definition) is 5. The highest BCUT2D eigenvalue weighted by Crippen LogP contribution is 2.21. The van der Waals surface area contributed by atoms with Gasteiger partial charge in [-0.3, -0.25) is 4.79 Å². The van der Waals surface area contributed by atoms with E-state index in [1.165, 1.54) is 6.42 Å². The van der Waals surface area contributed by atoms with Crippen molar-refractivity contribution in [3.05, 3.63) is 0 Å². The summed E-state index contributed by atoms with van der Waals surface area (Å²) in [6.45, 7) is 9.56. The minimum absolute atomic E-state index is 0.158. The Morgan fingerprint density at radius 2 is 2.19 bits per heavy atom. The van der Waals surface area contributed by atoms with Crippen molar-refractivity contribution in [1.82, 2.24) is 10.2 Å². The molecule has 1 fully saturated rings. The van der Waals surface area contributed by atoms with Crippen molar-refractivity contribution in [2.75, 3.05) is 40.4 Å². The van der Waals surface area contributed by atoms with Gasteiger partial charge in [0.1, 0.15) is 5.54 Å². The summed E-state index contributed by atoms with van der Waals surface area (Å²) >= 11 is 0. The van der Waals surface area contributed by atoms with Gasteiger partial charge < -0.3 is 19.7 Å². The van der Waals surface area contributed by atoms with Crippen LogP contribution in [0.4, 0.5) is 0 Å². The third kappa shape index (κ3) is 5.24. The van der Waals surface area contributed by atoms with Crippen molar-refractivity contribution in [2.24, 2.45) is 5.92 Å². The topological polar surface area (TPSA) is 50.8 Å². The highest BCUT2D eigenvalue weighted by molar-refractivity contribution is 5.80. The molecule has 124 valence electrons. The van der Waals surface area contributed by atoms with Crippen molar-refractivity contribution < 1.29 is 14.3 Å². The van der Waals surface area contributed by atoms with Crippen LogP contribution in [0.2, 0.25) is 0 Å². The maximum atomic E-state index is 12.0. The molecule has 0 amide bonds. The number of nitrogens with zero attached hydrogens (tertiary/aromatic N) is 1. The lowest BCUT2D eigenvalue weighted by Gasteiger charge is -2.36. The number of hydrogen-bond donors (Lipinski definition) is 1. The number of methoxy groups -OCH3 is 1. The molecule has 3 atom stereocenters. The number of likely N-dealkylation sites (tertiary alicyclic amines) is 1. The minimum atomic E-state index is -0.584. The van der Waals surface area contributed by atoms with Crippen LogP contribution in [0, 0.1) is 5.92 Å². The van der Waals surface area contributed by atoms with Crippen LogP contribution in [0.1, 0.15) is 40.0 Å². The van der Waals surface area contributed by atoms with Gasteiger partial charge in [0.05, 0.1) is 12.7 Å². The van der Waals surface area contributed by atoms with Crippen LogP contribution in [0.15, 0.2) is 0 Å². The molecule has 1 rings (SSSR count). The zero-order valence-corrected chi connectivity index (χ0v) is 14.3. The number of carbonyl (C=O) groups is 1. The molecule has 1 heterocycles. The second-order valence-corrected chi connectivity index (χ2v) is 6.25. The fourth-order valence-electron chi connectivity index (χ4n) is 2.88. The lowest BCUT2D eigenvalue weighted by Crippen LogP contribution is -2.49. The molecular formula is C16H32N2O3. The van der Waals surface area contributed by atoms with E-state index < -0.39 is 5.54 Å². The average Bonchev–Trinajstić information content (AvgIpc) is 2.48. The van der Waals surface area contributed by atoms with Crippen molar-refractivity contribution in [3.8, 4) is 0 Å². The van der Waals surface area contributed by atoms with E-state index in [9.17, 15) is 4.79 Å². The first kappa shape index (κ1) is 18.4. The molecular weight excluding hydrogens is 268 g/mol. The van der Waals surface area contributed by atoms with Gasteiger partial charge in [0.25, 0.3) is 0 Å². The molecule has 1 aliphatic rings. The number of esters is 1. The SMILES string of the molecule is CCOC(=O)C(C)(CCCN1CCC(C)C(OC)C1)NC. The first-order valence-electron chi connectivity index (χ1n) is 8.08. The molecule has 0 radical (unpaired) electrons. The number of rotatable bonds is 8. The van der Waals surface area contributed by atoms with Gasteiger partial charge in [-0.1, -0.05) is 6.92 Å². The molecule has 0 aromatic rings. The molecule has 1 N–H and O–H groups in total. The van der Waals surface area contributed by atoms with Crippen LogP contribution >= 0.6 is 0 Å². The summed E-state index contributed by atoms with van der Waals surface area (Å²) in [6, 6.07) is 0. The summed E-state index contributed by atoms with van der Waals surface area (Å²) in [6.07, 6.45) is 3.27. The van der Waals surface area contributed by atoms with Crippen molar-refractivity contribution in [1.29, 1.82) is 0 Å². The van der Waals surface area contributed by atoms with Crippen molar-refractivity contribution in [2.45, 2.75) is 51.7 Å². The first-order valence-corrected chi connectivity index (χ1v) is 8.08. The van der Waals surface area contributed by atoms with Crippen LogP contribution < -0.4 is 5.32 Å². The van der Waals surface area contributed by atoms with Crippen LogP contribution in [0.25, 0.3) is 0 Å². The first-order chi connectivity index (χ1) is 9.96. The molecule has 0 aromatic carbocycles. The normalized spacial score (nSPS) is 26.3. The highest BCUT2D eigenvalue weighted by atomic mass is 16.5. The molecule has 1 saturated heterocycles. The molecule has 0 aliphatic carbocycles. The lowest BCUT2D eigenvalue weighted by atomic mass is 9.93. The predicted molar refractivity (Wildman–Crippen MR) is 84.3 cm³/mol. The smallest absolute Gasteiger partial charge is 0.326 e. The number of nitrogens with one attached hydrogen (secondary N) is 1. The molecule has 21 heavy (non-hydrogen) atoms. The van der Waals surface area contributed by atoms with Gasteiger partial charge in [-0.25, -0.2) is 0 Å². The van der Waals surface area contributed by atoms with E-state index in [0.717, 1.165) is 32.5 Å². The van der Waals surface area contributed by atoms with Gasteiger partial charge in [-0.15, -0.1) is 0 Å². The summed E-state index contributed by atoms with van der Waals surface area (Å²) in [4.78, 5) is 14.4. The third-order valence-corrected chi connectivity index (χ3v) is 4.71. The Hall–Kier alpha value is -0.650. The van der Waals surface area contributed by atoms with Crippen molar-refractivity contribution >= 4 is 5.97 Å². The molecule has 5 heteroatoms. The number of likely N-dealkylation sites (N-methyl/N-ethyl adjacent to an activating group) is 1. The second kappa shape index (κ2) is 8.71. The molecule has 0 spiro atoms. The molecule has 0 saturated carbocycles. The number of piperidine rings is 1. The van der Waals surface area contributed by atoms with Gasteiger partial charge in [0, 0.05) is 13.7 Å². The monoisotopic (exact) mass is 300 g/mol. The van der Waals surface area contributed by atoms with Crippen LogP contribution in [-0.2, 0) is 14.3 Å². The quantitative estimate of drug-likeness (QED) is 0.691. The molecule has 3 unspecified atom stereocenters. The summed E-state index contributed by atoms with van der Waals surface area (Å²) in [5, 5.41) is 3.11. The standard InChI is InChI=1S/C16H32N2O3/c1-6-21-15(19)16(3,17-4)9-7-10-18-11-8-13(2)14(12-18)20-5/h13-14,17H,6-12H2,1-5H3. The Kier molecular flexibility index (Phi) is 7.63. The summed E-state index contributed by atoms with van der Waals surface area (Å²) in [7, 11) is 3.62. The average molecular weight is 300 g/mol. The fourth-order valence-corrected chi connectivity index (χ4v) is 2.88.